The van der Waals surface area contributed by atoms with Gasteiger partial charge in [0.25, 0.3) is 5.91 Å². The van der Waals surface area contributed by atoms with E-state index in [0.717, 1.165) is 19.3 Å². The first kappa shape index (κ1) is 15.2. The lowest BCUT2D eigenvalue weighted by molar-refractivity contribution is -0.120. The number of anilines is 1. The Balaban J connectivity index is 1.72. The van der Waals surface area contributed by atoms with E-state index in [1.807, 2.05) is 24.3 Å². The molecule has 0 spiro atoms. The SMILES string of the molecule is COc1cc(N2C(=O)C3C4CCC(C4)N3C2=O)c2ccccc2c1C#N. The zero-order chi connectivity index (χ0) is 18.0. The Morgan fingerprint density at radius 2 is 1.96 bits per heavy atom. The van der Waals surface area contributed by atoms with Gasteiger partial charge in [0.2, 0.25) is 0 Å². The average Bonchev–Trinajstić information content (AvgIpc) is 3.34. The van der Waals surface area contributed by atoms with Gasteiger partial charge in [0.15, 0.2) is 0 Å². The van der Waals surface area contributed by atoms with E-state index in [1.54, 1.807) is 11.0 Å². The Morgan fingerprint density at radius 3 is 2.65 bits per heavy atom. The molecule has 2 aliphatic heterocycles. The molecule has 3 unspecified atom stereocenters. The maximum atomic E-state index is 13.1. The van der Waals surface area contributed by atoms with Gasteiger partial charge in [-0.05, 0) is 25.2 Å². The number of hydrogen-bond acceptors (Lipinski definition) is 4. The van der Waals surface area contributed by atoms with Crippen LogP contribution in [0, 0.1) is 17.2 Å². The zero-order valence-electron chi connectivity index (χ0n) is 14.3. The quantitative estimate of drug-likeness (QED) is 0.783. The van der Waals surface area contributed by atoms with Gasteiger partial charge < -0.3 is 9.64 Å². The lowest BCUT2D eigenvalue weighted by Crippen LogP contribution is -2.40. The number of fused-ring (bicyclic) bond motifs is 6. The molecule has 3 amide bonds. The summed E-state index contributed by atoms with van der Waals surface area (Å²) >= 11 is 0. The van der Waals surface area contributed by atoms with Crippen LogP contribution < -0.4 is 9.64 Å². The van der Waals surface area contributed by atoms with Crippen LogP contribution in [-0.2, 0) is 4.79 Å². The summed E-state index contributed by atoms with van der Waals surface area (Å²) in [5.41, 5.74) is 0.909. The molecule has 2 bridgehead atoms. The molecule has 130 valence electrons. The summed E-state index contributed by atoms with van der Waals surface area (Å²) in [6.45, 7) is 0. The van der Waals surface area contributed by atoms with Crippen LogP contribution in [0.4, 0.5) is 10.5 Å². The molecule has 2 aromatic rings. The molecule has 6 nitrogen and oxygen atoms in total. The second-order valence-electron chi connectivity index (χ2n) is 7.17. The molecule has 2 aromatic carbocycles. The Bertz CT molecular complexity index is 981. The predicted octanol–water partition coefficient (Wildman–Crippen LogP) is 3.04. The molecule has 5 rings (SSSR count). The fraction of sp³-hybridized carbons (Fsp3) is 0.350. The molecule has 0 aromatic heterocycles. The number of ether oxygens (including phenoxy) is 1. The molecule has 1 aliphatic carbocycles. The van der Waals surface area contributed by atoms with E-state index in [1.165, 1.54) is 12.0 Å². The number of nitrogens with zero attached hydrogens (tertiary/aromatic N) is 3. The van der Waals surface area contributed by atoms with E-state index in [0.29, 0.717) is 27.8 Å². The van der Waals surface area contributed by atoms with Crippen LogP contribution in [0.15, 0.2) is 30.3 Å². The van der Waals surface area contributed by atoms with Crippen molar-refractivity contribution in [2.45, 2.75) is 31.3 Å². The molecular weight excluding hydrogens is 330 g/mol. The molecule has 0 N–H and O–H groups in total. The Labute approximate surface area is 150 Å². The van der Waals surface area contributed by atoms with Gasteiger partial charge in [-0.2, -0.15) is 5.26 Å². The van der Waals surface area contributed by atoms with Crippen molar-refractivity contribution < 1.29 is 14.3 Å². The number of carbonyl (C=O) groups excluding carboxylic acids is 2. The van der Waals surface area contributed by atoms with Crippen molar-refractivity contribution in [1.82, 2.24) is 4.90 Å². The summed E-state index contributed by atoms with van der Waals surface area (Å²) in [5, 5.41) is 10.9. The van der Waals surface area contributed by atoms with Gasteiger partial charge in [0.1, 0.15) is 23.4 Å². The van der Waals surface area contributed by atoms with Crippen molar-refractivity contribution in [2.75, 3.05) is 12.0 Å². The summed E-state index contributed by atoms with van der Waals surface area (Å²) in [6, 6.07) is 10.7. The van der Waals surface area contributed by atoms with Gasteiger partial charge >= 0.3 is 6.03 Å². The summed E-state index contributed by atoms with van der Waals surface area (Å²) in [4.78, 5) is 29.3. The standard InChI is InChI=1S/C20H17N3O3/c1-26-17-9-16(14-5-3-2-4-13(14)15(17)10-21)23-19(24)18-11-6-7-12(8-11)22(18)20(23)25/h2-5,9,11-12,18H,6-8H2,1H3. The van der Waals surface area contributed by atoms with Crippen LogP contribution in [0.25, 0.3) is 10.8 Å². The molecule has 1 saturated carbocycles. The second-order valence-corrected chi connectivity index (χ2v) is 7.17. The third-order valence-corrected chi connectivity index (χ3v) is 6.03. The molecule has 3 fully saturated rings. The number of piperidine rings is 1. The summed E-state index contributed by atoms with van der Waals surface area (Å²) < 4.78 is 5.38. The van der Waals surface area contributed by atoms with Gasteiger partial charge in [-0.3, -0.25) is 4.79 Å². The first-order chi connectivity index (χ1) is 12.7. The van der Waals surface area contributed by atoms with Gasteiger partial charge in [0.05, 0.1) is 12.8 Å². The maximum absolute atomic E-state index is 13.1. The number of nitriles is 1. The lowest BCUT2D eigenvalue weighted by Gasteiger charge is -2.25. The summed E-state index contributed by atoms with van der Waals surface area (Å²) in [5.74, 6) is 0.490. The average molecular weight is 347 g/mol. The highest BCUT2D eigenvalue weighted by atomic mass is 16.5. The molecule has 0 radical (unpaired) electrons. The fourth-order valence-electron chi connectivity index (χ4n) is 4.94. The smallest absolute Gasteiger partial charge is 0.332 e. The van der Waals surface area contributed by atoms with Crippen LogP contribution in [0.5, 0.6) is 5.75 Å². The van der Waals surface area contributed by atoms with Gasteiger partial charge in [0, 0.05) is 22.9 Å². The Hall–Kier alpha value is -3.07. The largest absolute Gasteiger partial charge is 0.495 e. The molecule has 2 saturated heterocycles. The van der Waals surface area contributed by atoms with Crippen LogP contribution in [-0.4, -0.2) is 36.0 Å². The van der Waals surface area contributed by atoms with E-state index in [-0.39, 0.29) is 29.9 Å². The monoisotopic (exact) mass is 347 g/mol. The minimum Gasteiger partial charge on any atom is -0.495 e. The molecular formula is C20H17N3O3. The summed E-state index contributed by atoms with van der Waals surface area (Å²) in [6.07, 6.45) is 2.93. The van der Waals surface area contributed by atoms with E-state index in [9.17, 15) is 14.9 Å². The minimum atomic E-state index is -0.332. The normalized spacial score (nSPS) is 26.5. The summed E-state index contributed by atoms with van der Waals surface area (Å²) in [7, 11) is 1.49. The highest BCUT2D eigenvalue weighted by molar-refractivity contribution is 6.25. The third kappa shape index (κ3) is 1.75. The van der Waals surface area contributed by atoms with Crippen molar-refractivity contribution >= 4 is 28.4 Å². The van der Waals surface area contributed by atoms with Crippen molar-refractivity contribution in [3.63, 3.8) is 0 Å². The Morgan fingerprint density at radius 1 is 1.19 bits per heavy atom. The van der Waals surface area contributed by atoms with Crippen molar-refractivity contribution in [1.29, 1.82) is 5.26 Å². The highest BCUT2D eigenvalue weighted by Crippen LogP contribution is 2.48. The highest BCUT2D eigenvalue weighted by Gasteiger charge is 2.59. The number of rotatable bonds is 2. The van der Waals surface area contributed by atoms with Crippen molar-refractivity contribution in [2.24, 2.45) is 5.92 Å². The first-order valence-electron chi connectivity index (χ1n) is 8.81. The molecule has 3 aliphatic rings. The number of hydrogen-bond donors (Lipinski definition) is 0. The van der Waals surface area contributed by atoms with Gasteiger partial charge in [-0.25, -0.2) is 9.69 Å². The first-order valence-corrected chi connectivity index (χ1v) is 8.81. The number of benzene rings is 2. The topological polar surface area (TPSA) is 73.6 Å². The van der Waals surface area contributed by atoms with Crippen molar-refractivity contribution in [3.8, 4) is 11.8 Å². The number of methoxy groups -OCH3 is 1. The van der Waals surface area contributed by atoms with Crippen LogP contribution in [0.2, 0.25) is 0 Å². The van der Waals surface area contributed by atoms with E-state index < -0.39 is 0 Å². The number of urea groups is 1. The molecule has 2 heterocycles. The number of amides is 3. The lowest BCUT2D eigenvalue weighted by atomic mass is 9.98. The number of imide groups is 1. The molecule has 3 atom stereocenters. The van der Waals surface area contributed by atoms with Crippen LogP contribution in [0.1, 0.15) is 24.8 Å². The fourth-order valence-corrected chi connectivity index (χ4v) is 4.94. The minimum absolute atomic E-state index is 0.154. The van der Waals surface area contributed by atoms with E-state index in [4.69, 9.17) is 4.74 Å². The predicted molar refractivity (Wildman–Crippen MR) is 94.9 cm³/mol. The van der Waals surface area contributed by atoms with Crippen LogP contribution in [0.3, 0.4) is 0 Å². The van der Waals surface area contributed by atoms with E-state index in [2.05, 4.69) is 6.07 Å². The van der Waals surface area contributed by atoms with Gasteiger partial charge in [-0.15, -0.1) is 0 Å². The van der Waals surface area contributed by atoms with E-state index >= 15 is 0 Å². The van der Waals surface area contributed by atoms with Gasteiger partial charge in [-0.1, -0.05) is 24.3 Å². The zero-order valence-corrected chi connectivity index (χ0v) is 14.3. The maximum Gasteiger partial charge on any atom is 0.332 e. The molecule has 26 heavy (non-hydrogen) atoms. The third-order valence-electron chi connectivity index (χ3n) is 6.03. The van der Waals surface area contributed by atoms with Crippen LogP contribution >= 0.6 is 0 Å². The van der Waals surface area contributed by atoms with Crippen molar-refractivity contribution in [3.05, 3.63) is 35.9 Å². The Kier molecular flexibility index (Phi) is 3.05. The second kappa shape index (κ2) is 5.21. The molecule has 6 heteroatoms. The number of carbonyl (C=O) groups is 2.